The van der Waals surface area contributed by atoms with Gasteiger partial charge in [0.1, 0.15) is 18.1 Å². The smallest absolute Gasteiger partial charge is 0.326 e. The van der Waals surface area contributed by atoms with Crippen LogP contribution in [0.1, 0.15) is 24.1 Å². The molecule has 1 aromatic heterocycles. The lowest BCUT2D eigenvalue weighted by Crippen LogP contribution is -2.58. The first-order valence-corrected chi connectivity index (χ1v) is 11.3. The SMILES string of the molecule is NC(Cc1ccccc1)C(=O)NC(CC(=O)O)C(=O)NC(Cc1cnc[nH]1)C(=O)NC(CC(=O)O)C(=O)O. The number of aliphatic carboxylic acids is 3. The number of nitrogens with two attached hydrogens (primary N) is 1. The Bertz CT molecular complexity index is 1140. The standard InChI is InChI=1S/C23H28N6O9/c24-14(6-12-4-2-1-3-5-12)20(34)27-16(8-18(30)31)22(36)28-15(7-13-10-25-11-26-13)21(35)29-17(23(37)38)9-19(32)33/h1-5,10-11,14-17H,6-9,24H2,(H,25,26)(H,27,34)(H,28,36)(H,29,35)(H,30,31)(H,32,33)(H,37,38). The number of rotatable bonds is 15. The third-order valence-corrected chi connectivity index (χ3v) is 5.25. The molecule has 0 aliphatic carbocycles. The number of carbonyl (C=O) groups excluding carboxylic acids is 3. The summed E-state index contributed by atoms with van der Waals surface area (Å²) in [7, 11) is 0. The summed E-state index contributed by atoms with van der Waals surface area (Å²) in [4.78, 5) is 78.7. The van der Waals surface area contributed by atoms with Gasteiger partial charge in [-0.15, -0.1) is 0 Å². The Labute approximate surface area is 215 Å². The summed E-state index contributed by atoms with van der Waals surface area (Å²) in [5, 5.41) is 34.0. The lowest BCUT2D eigenvalue weighted by molar-refractivity contribution is -0.147. The van der Waals surface area contributed by atoms with Gasteiger partial charge in [0.2, 0.25) is 17.7 Å². The number of nitrogens with one attached hydrogen (secondary N) is 4. The van der Waals surface area contributed by atoms with Crippen molar-refractivity contribution in [3.63, 3.8) is 0 Å². The Kier molecular flexibility index (Phi) is 10.9. The first kappa shape index (κ1) is 29.4. The van der Waals surface area contributed by atoms with E-state index in [0.29, 0.717) is 5.69 Å². The summed E-state index contributed by atoms with van der Waals surface area (Å²) in [5.41, 5.74) is 7.00. The molecule has 2 rings (SSSR count). The molecule has 0 fully saturated rings. The van der Waals surface area contributed by atoms with Crippen LogP contribution in [0.25, 0.3) is 0 Å². The number of hydrogen-bond acceptors (Lipinski definition) is 8. The largest absolute Gasteiger partial charge is 0.481 e. The molecule has 0 saturated carbocycles. The molecule has 0 aliphatic rings. The summed E-state index contributed by atoms with van der Waals surface area (Å²) in [6.07, 6.45) is 0.723. The highest BCUT2D eigenvalue weighted by Crippen LogP contribution is 2.05. The normalized spacial score (nSPS) is 13.8. The number of carboxylic acid groups (broad SMARTS) is 3. The van der Waals surface area contributed by atoms with Crippen molar-refractivity contribution < 1.29 is 44.1 Å². The third-order valence-electron chi connectivity index (χ3n) is 5.25. The molecule has 15 nitrogen and oxygen atoms in total. The molecule has 1 aromatic carbocycles. The van der Waals surface area contributed by atoms with Crippen molar-refractivity contribution in [3.8, 4) is 0 Å². The van der Waals surface area contributed by atoms with Crippen LogP contribution in [-0.4, -0.2) is 85.1 Å². The van der Waals surface area contributed by atoms with Crippen molar-refractivity contribution in [2.45, 2.75) is 49.9 Å². The highest BCUT2D eigenvalue weighted by atomic mass is 16.4. The number of nitrogens with zero attached hydrogens (tertiary/aromatic N) is 1. The van der Waals surface area contributed by atoms with Gasteiger partial charge in [-0.05, 0) is 12.0 Å². The Balaban J connectivity index is 2.18. The summed E-state index contributed by atoms with van der Waals surface area (Å²) in [6.45, 7) is 0. The number of H-pyrrole nitrogens is 1. The van der Waals surface area contributed by atoms with Crippen LogP contribution < -0.4 is 21.7 Å². The fourth-order valence-electron chi connectivity index (χ4n) is 3.37. The maximum atomic E-state index is 13.0. The first-order chi connectivity index (χ1) is 18.0. The number of hydrogen-bond donors (Lipinski definition) is 8. The van der Waals surface area contributed by atoms with Crippen LogP contribution in [0, 0.1) is 0 Å². The molecule has 1 heterocycles. The van der Waals surface area contributed by atoms with Crippen molar-refractivity contribution in [1.82, 2.24) is 25.9 Å². The van der Waals surface area contributed by atoms with Gasteiger partial charge in [0.05, 0.1) is 25.2 Å². The lowest BCUT2D eigenvalue weighted by Gasteiger charge is -2.24. The molecule has 4 atom stereocenters. The summed E-state index contributed by atoms with van der Waals surface area (Å²) < 4.78 is 0. The average molecular weight is 533 g/mol. The molecular weight excluding hydrogens is 504 g/mol. The number of aromatic nitrogens is 2. The van der Waals surface area contributed by atoms with E-state index < -0.39 is 72.6 Å². The third kappa shape index (κ3) is 9.69. The highest BCUT2D eigenvalue weighted by molar-refractivity contribution is 5.96. The number of amides is 3. The van der Waals surface area contributed by atoms with Gasteiger partial charge in [0, 0.05) is 18.3 Å². The molecule has 204 valence electrons. The van der Waals surface area contributed by atoms with Crippen molar-refractivity contribution in [2.24, 2.45) is 5.73 Å². The quantitative estimate of drug-likeness (QED) is 0.125. The van der Waals surface area contributed by atoms with Gasteiger partial charge >= 0.3 is 17.9 Å². The second kappa shape index (κ2) is 14.1. The molecule has 0 bridgehead atoms. The minimum Gasteiger partial charge on any atom is -0.481 e. The van der Waals surface area contributed by atoms with Gasteiger partial charge < -0.3 is 42.0 Å². The maximum Gasteiger partial charge on any atom is 0.326 e. The van der Waals surface area contributed by atoms with Gasteiger partial charge in [0.25, 0.3) is 0 Å². The highest BCUT2D eigenvalue weighted by Gasteiger charge is 2.32. The molecule has 3 amide bonds. The fourth-order valence-corrected chi connectivity index (χ4v) is 3.37. The van der Waals surface area contributed by atoms with Crippen LogP contribution in [0.4, 0.5) is 0 Å². The molecule has 15 heteroatoms. The van der Waals surface area contributed by atoms with Gasteiger partial charge in [-0.25, -0.2) is 9.78 Å². The van der Waals surface area contributed by atoms with E-state index in [1.807, 2.05) is 5.32 Å². The predicted molar refractivity (Wildman–Crippen MR) is 128 cm³/mol. The van der Waals surface area contributed by atoms with Gasteiger partial charge in [-0.1, -0.05) is 30.3 Å². The molecule has 2 aromatic rings. The van der Waals surface area contributed by atoms with E-state index >= 15 is 0 Å². The van der Waals surface area contributed by atoms with Crippen LogP contribution in [0.2, 0.25) is 0 Å². The Hall–Kier alpha value is -4.79. The molecule has 0 aliphatic heterocycles. The molecular formula is C23H28N6O9. The van der Waals surface area contributed by atoms with Gasteiger partial charge in [-0.2, -0.15) is 0 Å². The zero-order valence-electron chi connectivity index (χ0n) is 20.0. The van der Waals surface area contributed by atoms with Crippen molar-refractivity contribution in [2.75, 3.05) is 0 Å². The van der Waals surface area contributed by atoms with E-state index in [4.69, 9.17) is 10.8 Å². The fraction of sp³-hybridized carbons (Fsp3) is 0.348. The summed E-state index contributed by atoms with van der Waals surface area (Å²) in [6, 6.07) is 2.72. The number of benzene rings is 1. The zero-order chi connectivity index (χ0) is 28.2. The second-order valence-corrected chi connectivity index (χ2v) is 8.29. The molecule has 0 saturated heterocycles. The first-order valence-electron chi connectivity index (χ1n) is 11.3. The van der Waals surface area contributed by atoms with Crippen LogP contribution in [-0.2, 0) is 41.6 Å². The Morgan fingerprint density at radius 2 is 1.34 bits per heavy atom. The number of carbonyl (C=O) groups is 6. The minimum absolute atomic E-state index is 0.110. The van der Waals surface area contributed by atoms with Crippen LogP contribution in [0.5, 0.6) is 0 Å². The summed E-state index contributed by atoms with van der Waals surface area (Å²) >= 11 is 0. The van der Waals surface area contributed by atoms with E-state index in [1.165, 1.54) is 12.5 Å². The molecule has 0 radical (unpaired) electrons. The van der Waals surface area contributed by atoms with E-state index in [-0.39, 0.29) is 12.8 Å². The van der Waals surface area contributed by atoms with E-state index in [0.717, 1.165) is 5.56 Å². The second-order valence-electron chi connectivity index (χ2n) is 8.29. The average Bonchev–Trinajstić information content (AvgIpc) is 3.35. The predicted octanol–water partition coefficient (Wildman–Crippen LogP) is -1.99. The van der Waals surface area contributed by atoms with Gasteiger partial charge in [-0.3, -0.25) is 24.0 Å². The van der Waals surface area contributed by atoms with Gasteiger partial charge in [0.15, 0.2) is 0 Å². The number of carboxylic acids is 3. The van der Waals surface area contributed by atoms with Crippen molar-refractivity contribution >= 4 is 35.6 Å². The molecule has 0 spiro atoms. The monoisotopic (exact) mass is 532 g/mol. The van der Waals surface area contributed by atoms with Crippen LogP contribution in [0.15, 0.2) is 42.9 Å². The van der Waals surface area contributed by atoms with E-state index in [9.17, 15) is 39.0 Å². The zero-order valence-corrected chi connectivity index (χ0v) is 20.0. The van der Waals surface area contributed by atoms with E-state index in [2.05, 4.69) is 20.6 Å². The lowest BCUT2D eigenvalue weighted by atomic mass is 10.0. The topological polar surface area (TPSA) is 254 Å². The Morgan fingerprint density at radius 3 is 1.89 bits per heavy atom. The Morgan fingerprint density at radius 1 is 0.789 bits per heavy atom. The number of imidazole rings is 1. The molecule has 38 heavy (non-hydrogen) atoms. The number of aromatic amines is 1. The maximum absolute atomic E-state index is 13.0. The molecule has 9 N–H and O–H groups in total. The van der Waals surface area contributed by atoms with Crippen LogP contribution in [0.3, 0.4) is 0 Å². The van der Waals surface area contributed by atoms with E-state index in [1.54, 1.807) is 30.3 Å². The summed E-state index contributed by atoms with van der Waals surface area (Å²) in [5.74, 6) is -7.44. The minimum atomic E-state index is -1.80. The van der Waals surface area contributed by atoms with Crippen molar-refractivity contribution in [1.29, 1.82) is 0 Å². The van der Waals surface area contributed by atoms with Crippen molar-refractivity contribution in [3.05, 3.63) is 54.1 Å². The van der Waals surface area contributed by atoms with Crippen LogP contribution >= 0.6 is 0 Å². The molecule has 4 unspecified atom stereocenters.